The Morgan fingerprint density at radius 2 is 0.644 bits per heavy atom. The van der Waals surface area contributed by atoms with Crippen LogP contribution in [0.2, 0.25) is 0 Å². The molecule has 450 valence electrons. The number of aromatic nitrogens is 6. The fraction of sp³-hybridized carbons (Fsp3) is 0.333. The van der Waals surface area contributed by atoms with Crippen molar-refractivity contribution in [2.75, 3.05) is 19.6 Å². The van der Waals surface area contributed by atoms with E-state index in [4.69, 9.17) is 15.0 Å². The number of unbranched alkanes of at least 4 members (excludes halogenated alkanes) is 3. The Morgan fingerprint density at radius 1 is 0.333 bits per heavy atom. The third-order valence-corrected chi connectivity index (χ3v) is 20.6. The van der Waals surface area contributed by atoms with E-state index in [9.17, 15) is 28.8 Å². The Morgan fingerprint density at radius 3 is 1.00 bits per heavy atom. The molecule has 3 aliphatic heterocycles. The molecule has 0 bridgehead atoms. The maximum atomic E-state index is 15.9. The molecule has 0 radical (unpaired) electrons. The summed E-state index contributed by atoms with van der Waals surface area (Å²) in [6.07, 6.45) is 10.8. The molecule has 0 spiro atoms. The summed E-state index contributed by atoms with van der Waals surface area (Å²) in [6.45, 7) is 13.3. The first-order valence-corrected chi connectivity index (χ1v) is 32.1. The number of carbonyl (C=O) groups is 6. The topological polar surface area (TPSA) is 215 Å². The molecule has 0 aliphatic carbocycles. The Labute approximate surface area is 512 Å². The SMILES string of the molecule is CCCCC(CC)CN1C(=O)c2ccc3c(=O)n4c(nc5c4c4nc6c(=O)c7ccc8c9c(ccc(c97)n6c4c4nc6c7ccc9c%10c(ccc(c(=O)n6c54)c%107)C(=O)N(CC(CC)CCCC)C9=O)C(=O)N(CC(CC)CCCC)C8=O)c4ccc(c2c34)C1=O. The lowest BCUT2D eigenvalue weighted by Crippen LogP contribution is -2.43. The number of nitrogens with zero attached hydrogens (tertiary/aromatic N) is 9. The third-order valence-electron chi connectivity index (χ3n) is 20.6. The van der Waals surface area contributed by atoms with Crippen molar-refractivity contribution in [2.45, 2.75) is 119 Å². The van der Waals surface area contributed by atoms with Gasteiger partial charge < -0.3 is 0 Å². The highest BCUT2D eigenvalue weighted by molar-refractivity contribution is 6.35. The van der Waals surface area contributed by atoms with Gasteiger partial charge in [-0.1, -0.05) is 99.3 Å². The van der Waals surface area contributed by atoms with Crippen LogP contribution < -0.4 is 16.5 Å². The monoisotopic (exact) mass is 1200 g/mol. The second kappa shape index (κ2) is 20.1. The van der Waals surface area contributed by atoms with E-state index in [1.54, 1.807) is 77.2 Å². The fourth-order valence-electron chi connectivity index (χ4n) is 15.7. The number of fused-ring (bicyclic) bond motifs is 15. The van der Waals surface area contributed by atoms with Crippen molar-refractivity contribution in [3.8, 4) is 0 Å². The van der Waals surface area contributed by atoms with Crippen LogP contribution in [0.5, 0.6) is 0 Å². The number of pyridine rings is 3. The van der Waals surface area contributed by atoms with E-state index >= 15 is 14.4 Å². The Balaban J connectivity index is 1.01. The number of imidazole rings is 3. The van der Waals surface area contributed by atoms with Crippen LogP contribution in [0, 0.1) is 17.8 Å². The summed E-state index contributed by atoms with van der Waals surface area (Å²) in [7, 11) is 0. The van der Waals surface area contributed by atoms with Crippen molar-refractivity contribution in [1.82, 2.24) is 42.9 Å². The summed E-state index contributed by atoms with van der Waals surface area (Å²) in [4.78, 5) is 155. The molecule has 9 heterocycles. The molecule has 13 aromatic rings. The van der Waals surface area contributed by atoms with Crippen LogP contribution in [0.25, 0.3) is 115 Å². The van der Waals surface area contributed by atoms with E-state index in [2.05, 4.69) is 41.5 Å². The molecular formula is C72H63N9O9. The number of amides is 6. The van der Waals surface area contributed by atoms with Crippen molar-refractivity contribution in [1.29, 1.82) is 0 Å². The zero-order valence-electron chi connectivity index (χ0n) is 51.0. The first-order valence-electron chi connectivity index (χ1n) is 32.1. The number of benzene rings is 7. The molecule has 3 unspecified atom stereocenters. The molecule has 0 N–H and O–H groups in total. The average molecular weight is 1200 g/mol. The Hall–Kier alpha value is -9.84. The lowest BCUT2D eigenvalue weighted by molar-refractivity contribution is 0.0565. The van der Waals surface area contributed by atoms with E-state index in [-0.39, 0.29) is 137 Å². The van der Waals surface area contributed by atoms with Crippen LogP contribution in [0.15, 0.2) is 87.2 Å². The lowest BCUT2D eigenvalue weighted by Gasteiger charge is -2.30. The molecular weight excluding hydrogens is 1130 g/mol. The van der Waals surface area contributed by atoms with E-state index in [0.717, 1.165) is 77.0 Å². The van der Waals surface area contributed by atoms with E-state index in [1.807, 2.05) is 0 Å². The number of hydrogen-bond acceptors (Lipinski definition) is 12. The summed E-state index contributed by atoms with van der Waals surface area (Å²) >= 11 is 0. The van der Waals surface area contributed by atoms with Crippen molar-refractivity contribution >= 4 is 150 Å². The van der Waals surface area contributed by atoms with Crippen LogP contribution in [0.4, 0.5) is 0 Å². The van der Waals surface area contributed by atoms with Gasteiger partial charge in [0.25, 0.3) is 46.6 Å². The number of imide groups is 3. The second-order valence-corrected chi connectivity index (χ2v) is 25.4. The largest absolute Gasteiger partial charge is 0.287 e. The molecule has 90 heavy (non-hydrogen) atoms. The van der Waals surface area contributed by atoms with Crippen molar-refractivity contribution in [3.63, 3.8) is 0 Å². The first kappa shape index (κ1) is 55.5. The molecule has 16 rings (SSSR count). The minimum Gasteiger partial charge on any atom is -0.287 e. The van der Waals surface area contributed by atoms with E-state index in [0.29, 0.717) is 48.6 Å². The summed E-state index contributed by atoms with van der Waals surface area (Å²) in [5, 5.41) is 3.60. The highest BCUT2D eigenvalue weighted by Crippen LogP contribution is 2.45. The summed E-state index contributed by atoms with van der Waals surface area (Å²) in [6, 6.07) is 19.9. The lowest BCUT2D eigenvalue weighted by atomic mass is 9.89. The van der Waals surface area contributed by atoms with Crippen molar-refractivity contribution in [3.05, 3.63) is 137 Å². The Kier molecular flexibility index (Phi) is 12.4. The summed E-state index contributed by atoms with van der Waals surface area (Å²) in [5.41, 5.74) is 1.60. The van der Waals surface area contributed by atoms with Gasteiger partial charge in [-0.25, -0.2) is 15.0 Å². The van der Waals surface area contributed by atoms with Gasteiger partial charge in [0, 0.05) is 112 Å². The van der Waals surface area contributed by atoms with Gasteiger partial charge >= 0.3 is 0 Å². The quantitative estimate of drug-likeness (QED) is 0.0733. The number of rotatable bonds is 18. The highest BCUT2D eigenvalue weighted by Gasteiger charge is 2.41. The van der Waals surface area contributed by atoms with Crippen LogP contribution >= 0.6 is 0 Å². The molecule has 18 heteroatoms. The predicted octanol–water partition coefficient (Wildman–Crippen LogP) is 12.8. The molecule has 7 aromatic carbocycles. The molecule has 0 saturated carbocycles. The average Bonchev–Trinajstić information content (AvgIpc) is 1.47. The first-order chi connectivity index (χ1) is 43.7. The van der Waals surface area contributed by atoms with Gasteiger partial charge in [-0.2, -0.15) is 0 Å². The maximum absolute atomic E-state index is 15.9. The predicted molar refractivity (Wildman–Crippen MR) is 349 cm³/mol. The maximum Gasteiger partial charge on any atom is 0.264 e. The molecule has 0 fully saturated rings. The highest BCUT2D eigenvalue weighted by atomic mass is 16.2. The zero-order chi connectivity index (χ0) is 62.2. The summed E-state index contributed by atoms with van der Waals surface area (Å²) in [5.74, 6) is -2.40. The van der Waals surface area contributed by atoms with Gasteiger partial charge in [-0.05, 0) is 110 Å². The van der Waals surface area contributed by atoms with Crippen LogP contribution in [0.3, 0.4) is 0 Å². The molecule has 18 nitrogen and oxygen atoms in total. The normalized spacial score (nSPS) is 15.7. The fourth-order valence-corrected chi connectivity index (χ4v) is 15.7. The minimum atomic E-state index is -0.564. The number of hydrogen-bond donors (Lipinski definition) is 0. The van der Waals surface area contributed by atoms with Gasteiger partial charge in [0.05, 0.1) is 5.52 Å². The van der Waals surface area contributed by atoms with E-state index in [1.165, 1.54) is 23.5 Å². The van der Waals surface area contributed by atoms with Crippen molar-refractivity contribution in [2.24, 2.45) is 17.8 Å². The molecule has 6 amide bonds. The molecule has 6 aromatic heterocycles. The smallest absolute Gasteiger partial charge is 0.264 e. The second-order valence-electron chi connectivity index (χ2n) is 25.4. The van der Waals surface area contributed by atoms with Gasteiger partial charge in [0.1, 0.15) is 44.4 Å². The standard InChI is InChI=1S/C72H63N9O9/c1-7-13-16-34(10-4)31-76-65(83)40-23-20-38-49-46(27-25-42(51(40)49)67(76)85)71(89)80-59-55(73-62(38)80)58-56(75-64-61(82)37-19-22-44-53-45(29-30-48(54(37)53)79(58)64)70(88)78(69(44)87)33-36(12-6)18-15-9-3)60-57(59)74-63-39-21-24-41-52-43(26-28-47(50(39)52)72(90)81(60)63)68(86)77(66(41)84)32-35(11-5)17-14-8-2/h19-30,34-36H,7-18,31-33H2,1-6H3. The minimum absolute atomic E-state index is 0.0637. The number of carbonyl (C=O) groups excluding carboxylic acids is 6. The van der Waals surface area contributed by atoms with Crippen molar-refractivity contribution < 1.29 is 28.8 Å². The van der Waals surface area contributed by atoms with Crippen LogP contribution in [0.1, 0.15) is 181 Å². The Bertz CT molecular complexity index is 5570. The van der Waals surface area contributed by atoms with Gasteiger partial charge in [0.2, 0.25) is 5.43 Å². The van der Waals surface area contributed by atoms with E-state index < -0.39 is 52.0 Å². The summed E-state index contributed by atoms with van der Waals surface area (Å²) < 4.78 is 4.52. The van der Waals surface area contributed by atoms with Gasteiger partial charge in [-0.3, -0.25) is 71.1 Å². The molecule has 3 aliphatic rings. The third kappa shape index (κ3) is 7.20. The van der Waals surface area contributed by atoms with Crippen LogP contribution in [-0.4, -0.2) is 97.9 Å². The van der Waals surface area contributed by atoms with Gasteiger partial charge in [-0.15, -0.1) is 0 Å². The molecule has 3 atom stereocenters. The molecule has 0 saturated heterocycles. The zero-order valence-corrected chi connectivity index (χ0v) is 51.0. The van der Waals surface area contributed by atoms with Crippen LogP contribution in [-0.2, 0) is 0 Å². The van der Waals surface area contributed by atoms with Gasteiger partial charge in [0.15, 0.2) is 5.65 Å².